The van der Waals surface area contributed by atoms with Crippen molar-refractivity contribution in [3.8, 4) is 0 Å². The van der Waals surface area contributed by atoms with Crippen molar-refractivity contribution in [1.29, 1.82) is 0 Å². The molecular formula is C21H48N4. The van der Waals surface area contributed by atoms with Crippen LogP contribution in [-0.2, 0) is 0 Å². The van der Waals surface area contributed by atoms with Crippen LogP contribution in [0.2, 0.25) is 0 Å². The molecule has 7 N–H and O–H groups in total. The van der Waals surface area contributed by atoms with E-state index < -0.39 is 0 Å². The zero-order chi connectivity index (χ0) is 19.0. The van der Waals surface area contributed by atoms with Crippen molar-refractivity contribution in [3.63, 3.8) is 0 Å². The Kier molecular flexibility index (Phi) is 15.9. The molecule has 152 valence electrons. The van der Waals surface area contributed by atoms with Gasteiger partial charge in [0.2, 0.25) is 0 Å². The van der Waals surface area contributed by atoms with Crippen LogP contribution in [0.1, 0.15) is 97.8 Å². The normalized spacial score (nSPS) is 14.6. The van der Waals surface area contributed by atoms with Crippen LogP contribution in [0.15, 0.2) is 0 Å². The molecule has 0 heterocycles. The molecule has 0 aromatic carbocycles. The van der Waals surface area contributed by atoms with E-state index in [2.05, 4.69) is 26.1 Å². The number of unbranched alkanes of at least 4 members (excludes halogenated alkanes) is 8. The number of hydrogen-bond acceptors (Lipinski definition) is 4. The largest absolute Gasteiger partial charge is 0.330 e. The van der Waals surface area contributed by atoms with Crippen molar-refractivity contribution in [2.24, 2.45) is 28.5 Å². The van der Waals surface area contributed by atoms with Crippen LogP contribution in [0, 0.1) is 11.3 Å². The van der Waals surface area contributed by atoms with Crippen LogP contribution in [0.3, 0.4) is 0 Å². The summed E-state index contributed by atoms with van der Waals surface area (Å²) < 4.78 is 0. The zero-order valence-corrected chi connectivity index (χ0v) is 17.5. The fraction of sp³-hybridized carbons (Fsp3) is 1.00. The Morgan fingerprint density at radius 1 is 0.760 bits per heavy atom. The van der Waals surface area contributed by atoms with Gasteiger partial charge < -0.3 is 22.5 Å². The topological polar surface area (TPSA) is 90.1 Å². The molecule has 0 aliphatic carbocycles. The highest BCUT2D eigenvalue weighted by molar-refractivity contribution is 4.76. The first kappa shape index (κ1) is 24.8. The minimum atomic E-state index is 0.139. The van der Waals surface area contributed by atoms with E-state index in [1.165, 1.54) is 64.2 Å². The highest BCUT2D eigenvalue weighted by Gasteiger charge is 2.21. The molecule has 0 aliphatic rings. The van der Waals surface area contributed by atoms with E-state index in [0.717, 1.165) is 32.5 Å². The van der Waals surface area contributed by atoms with Gasteiger partial charge in [-0.25, -0.2) is 0 Å². The molecule has 0 saturated heterocycles. The maximum Gasteiger partial charge on any atom is 0.0546 e. The molecule has 0 radical (unpaired) electrons. The molecule has 0 saturated carbocycles. The average Bonchev–Trinajstić information content (AvgIpc) is 2.54. The monoisotopic (exact) mass is 356 g/mol. The third kappa shape index (κ3) is 17.0. The van der Waals surface area contributed by atoms with Gasteiger partial charge >= 0.3 is 0 Å². The predicted octanol–water partition coefficient (Wildman–Crippen LogP) is 4.12. The summed E-state index contributed by atoms with van der Waals surface area (Å²) in [6, 6.07) is 0. The molecule has 0 fully saturated rings. The first-order valence-electron chi connectivity index (χ1n) is 10.8. The summed E-state index contributed by atoms with van der Waals surface area (Å²) in [6.45, 7) is 9.58. The summed E-state index contributed by atoms with van der Waals surface area (Å²) in [5.41, 5.74) is 17.7. The van der Waals surface area contributed by atoms with E-state index in [1.807, 2.05) is 0 Å². The second-order valence-electron chi connectivity index (χ2n) is 8.80. The molecule has 0 aromatic heterocycles. The lowest BCUT2D eigenvalue weighted by Crippen LogP contribution is -2.43. The van der Waals surface area contributed by atoms with E-state index in [-0.39, 0.29) is 11.6 Å². The molecule has 0 bridgehead atoms. The second-order valence-corrected chi connectivity index (χ2v) is 8.80. The number of hydrogen-bond donors (Lipinski definition) is 4. The number of nitrogens with one attached hydrogen (secondary N) is 1. The van der Waals surface area contributed by atoms with Gasteiger partial charge in [-0.05, 0) is 50.1 Å². The van der Waals surface area contributed by atoms with Crippen molar-refractivity contribution >= 4 is 0 Å². The Morgan fingerprint density at radius 2 is 1.28 bits per heavy atom. The lowest BCUT2D eigenvalue weighted by atomic mass is 9.82. The molecule has 0 amide bonds. The molecule has 2 unspecified atom stereocenters. The summed E-state index contributed by atoms with van der Waals surface area (Å²) >= 11 is 0. The molecular weight excluding hydrogens is 308 g/mol. The molecule has 4 heteroatoms. The van der Waals surface area contributed by atoms with E-state index in [4.69, 9.17) is 17.2 Å². The lowest BCUT2D eigenvalue weighted by Gasteiger charge is -2.30. The molecule has 2 atom stereocenters. The van der Waals surface area contributed by atoms with Gasteiger partial charge in [-0.2, -0.15) is 0 Å². The Morgan fingerprint density at radius 3 is 1.80 bits per heavy atom. The van der Waals surface area contributed by atoms with Crippen LogP contribution in [-0.4, -0.2) is 25.8 Å². The summed E-state index contributed by atoms with van der Waals surface area (Å²) in [5, 5.41) is 3.54. The third-order valence-electron chi connectivity index (χ3n) is 5.12. The summed E-state index contributed by atoms with van der Waals surface area (Å²) in [4.78, 5) is 0. The van der Waals surface area contributed by atoms with Crippen LogP contribution in [0.4, 0.5) is 0 Å². The van der Waals surface area contributed by atoms with Crippen LogP contribution in [0.5, 0.6) is 0 Å². The van der Waals surface area contributed by atoms with Crippen LogP contribution in [0.25, 0.3) is 0 Å². The molecule has 0 rings (SSSR count). The molecule has 4 nitrogen and oxygen atoms in total. The van der Waals surface area contributed by atoms with E-state index in [1.54, 1.807) is 0 Å². The van der Waals surface area contributed by atoms with E-state index in [0.29, 0.717) is 5.92 Å². The van der Waals surface area contributed by atoms with E-state index in [9.17, 15) is 0 Å². The molecule has 0 aromatic rings. The maximum absolute atomic E-state index is 6.24. The Balaban J connectivity index is 3.53. The van der Waals surface area contributed by atoms with Gasteiger partial charge in [-0.1, -0.05) is 72.1 Å². The van der Waals surface area contributed by atoms with Crippen molar-refractivity contribution in [3.05, 3.63) is 0 Å². The molecule has 0 spiro atoms. The first-order chi connectivity index (χ1) is 11.9. The fourth-order valence-electron chi connectivity index (χ4n) is 3.66. The summed E-state index contributed by atoms with van der Waals surface area (Å²) in [7, 11) is 0. The van der Waals surface area contributed by atoms with Gasteiger partial charge in [-0.3, -0.25) is 0 Å². The highest BCUT2D eigenvalue weighted by atomic mass is 15.0. The smallest absolute Gasteiger partial charge is 0.0546 e. The second kappa shape index (κ2) is 16.0. The van der Waals surface area contributed by atoms with Crippen LogP contribution < -0.4 is 22.5 Å². The standard InChI is InChI=1S/C21H48N4/c1-19(14-16-23)17-21(2,3)18-25-20(24)13-11-9-7-5-4-6-8-10-12-15-22/h19-20,25H,4-18,22-24H2,1-3H3. The van der Waals surface area contributed by atoms with Crippen molar-refractivity contribution in [2.45, 2.75) is 104 Å². The Hall–Kier alpha value is -0.160. The fourth-order valence-corrected chi connectivity index (χ4v) is 3.66. The van der Waals surface area contributed by atoms with Crippen LogP contribution >= 0.6 is 0 Å². The number of nitrogens with two attached hydrogens (primary N) is 3. The third-order valence-corrected chi connectivity index (χ3v) is 5.12. The quantitative estimate of drug-likeness (QED) is 0.220. The molecule has 0 aliphatic heterocycles. The summed E-state index contributed by atoms with van der Waals surface area (Å²) in [5.74, 6) is 0.688. The van der Waals surface area contributed by atoms with Gasteiger partial charge in [0, 0.05) is 6.54 Å². The minimum absolute atomic E-state index is 0.139. The highest BCUT2D eigenvalue weighted by Crippen LogP contribution is 2.26. The van der Waals surface area contributed by atoms with Crippen molar-refractivity contribution < 1.29 is 0 Å². The van der Waals surface area contributed by atoms with Gasteiger partial charge in [-0.15, -0.1) is 0 Å². The zero-order valence-electron chi connectivity index (χ0n) is 17.5. The lowest BCUT2D eigenvalue weighted by molar-refractivity contribution is 0.245. The first-order valence-corrected chi connectivity index (χ1v) is 10.8. The van der Waals surface area contributed by atoms with Gasteiger partial charge in [0.1, 0.15) is 0 Å². The van der Waals surface area contributed by atoms with Gasteiger partial charge in [0.25, 0.3) is 0 Å². The van der Waals surface area contributed by atoms with Gasteiger partial charge in [0.05, 0.1) is 6.17 Å². The molecule has 25 heavy (non-hydrogen) atoms. The number of rotatable bonds is 18. The average molecular weight is 357 g/mol. The summed E-state index contributed by atoms with van der Waals surface area (Å²) in [6.07, 6.45) is 15.4. The SMILES string of the molecule is CC(CCN)CC(C)(C)CNC(N)CCCCCCCCCCCN. The van der Waals surface area contributed by atoms with Gasteiger partial charge in [0.15, 0.2) is 0 Å². The van der Waals surface area contributed by atoms with Crippen molar-refractivity contribution in [1.82, 2.24) is 5.32 Å². The Labute approximate surface area is 158 Å². The maximum atomic E-state index is 6.24. The Bertz CT molecular complexity index is 281. The van der Waals surface area contributed by atoms with E-state index >= 15 is 0 Å². The minimum Gasteiger partial charge on any atom is -0.330 e. The predicted molar refractivity (Wildman–Crippen MR) is 112 cm³/mol. The van der Waals surface area contributed by atoms with Crippen molar-refractivity contribution in [2.75, 3.05) is 19.6 Å².